The lowest BCUT2D eigenvalue weighted by Gasteiger charge is -2.11. The highest BCUT2D eigenvalue weighted by molar-refractivity contribution is 9.10. The van der Waals surface area contributed by atoms with Crippen molar-refractivity contribution in [3.8, 4) is 5.75 Å². The Morgan fingerprint density at radius 3 is 2.69 bits per heavy atom. The van der Waals surface area contributed by atoms with Crippen LogP contribution in [0.3, 0.4) is 0 Å². The van der Waals surface area contributed by atoms with Gasteiger partial charge in [0.15, 0.2) is 5.82 Å². The molecule has 2 aromatic heterocycles. The van der Waals surface area contributed by atoms with E-state index in [4.69, 9.17) is 27.5 Å². The molecule has 0 saturated heterocycles. The second kappa shape index (κ2) is 9.17. The first kappa shape index (κ1) is 22.1. The van der Waals surface area contributed by atoms with Gasteiger partial charge >= 0.3 is 5.97 Å². The third kappa shape index (κ3) is 4.15. The molecule has 0 spiro atoms. The maximum absolute atomic E-state index is 12.8. The van der Waals surface area contributed by atoms with Gasteiger partial charge in [-0.25, -0.2) is 9.47 Å². The number of aromatic nitrogens is 4. The van der Waals surface area contributed by atoms with Crippen molar-refractivity contribution in [1.82, 2.24) is 19.4 Å². The molecule has 166 valence electrons. The van der Waals surface area contributed by atoms with E-state index in [9.17, 15) is 4.79 Å². The predicted octanol–water partition coefficient (Wildman–Crippen LogP) is 4.48. The lowest BCUT2D eigenvalue weighted by Crippen LogP contribution is -2.14. The Labute approximate surface area is 198 Å². The van der Waals surface area contributed by atoms with Crippen LogP contribution in [0, 0.1) is 11.7 Å². The molecule has 3 N–H and O–H groups in total. The number of nitrogens with zero attached hydrogens (tertiary/aromatic N) is 3. The Hall–Kier alpha value is -3.11. The molecular formula is C22H22BrN5O3S. The Morgan fingerprint density at radius 2 is 2.03 bits per heavy atom. The largest absolute Gasteiger partial charge is 0.484 e. The van der Waals surface area contributed by atoms with Gasteiger partial charge in [0.05, 0.1) is 22.2 Å². The van der Waals surface area contributed by atoms with Gasteiger partial charge in [-0.2, -0.15) is 5.10 Å². The van der Waals surface area contributed by atoms with Crippen LogP contribution in [0.1, 0.15) is 34.4 Å². The van der Waals surface area contributed by atoms with Gasteiger partial charge in [0, 0.05) is 17.6 Å². The number of esters is 1. The summed E-state index contributed by atoms with van der Waals surface area (Å²) in [5.41, 5.74) is 3.38. The molecule has 2 heterocycles. The molecule has 0 aliphatic carbocycles. The molecule has 0 bridgehead atoms. The molecule has 2 aromatic carbocycles. The third-order valence-corrected chi connectivity index (χ3v) is 6.08. The average Bonchev–Trinajstić information content (AvgIpc) is 3.23. The maximum Gasteiger partial charge on any atom is 0.340 e. The second-order valence-electron chi connectivity index (χ2n) is 7.16. The Bertz CT molecular complexity index is 1340. The number of H-pyrrole nitrogens is 1. The fourth-order valence-corrected chi connectivity index (χ4v) is 4.20. The number of halogens is 1. The number of hydrogen-bond acceptors (Lipinski definition) is 6. The zero-order chi connectivity index (χ0) is 22.8. The predicted molar refractivity (Wildman–Crippen MR) is 128 cm³/mol. The van der Waals surface area contributed by atoms with E-state index in [1.807, 2.05) is 37.3 Å². The highest BCUT2D eigenvalue weighted by Gasteiger charge is 2.23. The average molecular weight is 516 g/mol. The van der Waals surface area contributed by atoms with Crippen molar-refractivity contribution in [1.29, 1.82) is 0 Å². The van der Waals surface area contributed by atoms with Crippen LogP contribution in [0.2, 0.25) is 0 Å². The van der Waals surface area contributed by atoms with Crippen LogP contribution in [-0.2, 0) is 17.9 Å². The number of hydrogen-bond donors (Lipinski definition) is 2. The summed E-state index contributed by atoms with van der Waals surface area (Å²) in [6.45, 7) is 4.74. The summed E-state index contributed by atoms with van der Waals surface area (Å²) in [5.74, 6) is 6.49. The Morgan fingerprint density at radius 1 is 1.28 bits per heavy atom. The minimum absolute atomic E-state index is 0.103. The Kier molecular flexibility index (Phi) is 6.33. The van der Waals surface area contributed by atoms with Crippen molar-refractivity contribution >= 4 is 45.0 Å². The standard InChI is InChI=1S/C22H22BrN5O3S/c1-3-30-21(29)20-13(2)27(11-14-7-5-4-6-8-14)17-10-16(23)18(9-15(17)20)31-12-19-25-26-22(32)28(19)24/h4-10H,3,11-12,24H2,1-2H3,(H,26,32). The van der Waals surface area contributed by atoms with Crippen LogP contribution in [0.5, 0.6) is 5.75 Å². The molecule has 4 rings (SSSR count). The number of ether oxygens (including phenoxy) is 2. The first-order valence-corrected chi connectivity index (χ1v) is 11.2. The zero-order valence-corrected chi connectivity index (χ0v) is 20.0. The van der Waals surface area contributed by atoms with E-state index in [-0.39, 0.29) is 12.6 Å². The molecule has 0 amide bonds. The van der Waals surface area contributed by atoms with E-state index < -0.39 is 0 Å². The van der Waals surface area contributed by atoms with Crippen LogP contribution in [0.25, 0.3) is 10.9 Å². The van der Waals surface area contributed by atoms with Crippen LogP contribution in [-0.4, -0.2) is 32.0 Å². The lowest BCUT2D eigenvalue weighted by molar-refractivity contribution is 0.0527. The summed E-state index contributed by atoms with van der Waals surface area (Å²) in [7, 11) is 0. The number of aromatic amines is 1. The molecule has 4 aromatic rings. The lowest BCUT2D eigenvalue weighted by atomic mass is 10.1. The van der Waals surface area contributed by atoms with E-state index in [2.05, 4.69) is 42.8 Å². The van der Waals surface area contributed by atoms with Gasteiger partial charge in [-0.15, -0.1) is 0 Å². The van der Waals surface area contributed by atoms with E-state index >= 15 is 0 Å². The number of rotatable bonds is 7. The first-order chi connectivity index (χ1) is 15.4. The summed E-state index contributed by atoms with van der Waals surface area (Å²) in [5, 5.41) is 7.44. The van der Waals surface area contributed by atoms with Gasteiger partial charge in [-0.3, -0.25) is 5.10 Å². The van der Waals surface area contributed by atoms with Gasteiger partial charge < -0.3 is 19.9 Å². The number of nitrogen functional groups attached to an aromatic ring is 1. The normalized spacial score (nSPS) is 11.1. The van der Waals surface area contributed by atoms with Crippen molar-refractivity contribution in [2.45, 2.75) is 27.0 Å². The van der Waals surface area contributed by atoms with Gasteiger partial charge in [0.2, 0.25) is 4.77 Å². The number of nitrogens with one attached hydrogen (secondary N) is 1. The molecule has 0 aliphatic rings. The minimum atomic E-state index is -0.363. The topological polar surface area (TPSA) is 100 Å². The number of carbonyl (C=O) groups excluding carboxylic acids is 1. The quantitative estimate of drug-likeness (QED) is 0.213. The SMILES string of the molecule is CCOC(=O)c1c(C)n(Cc2ccccc2)c2cc(Br)c(OCc3n[nH]c(=S)n3N)cc12. The molecule has 32 heavy (non-hydrogen) atoms. The molecule has 0 unspecified atom stereocenters. The molecule has 0 aliphatic heterocycles. The third-order valence-electron chi connectivity index (χ3n) is 5.17. The van der Waals surface area contributed by atoms with Crippen molar-refractivity contribution in [3.05, 3.63) is 74.4 Å². The number of carbonyl (C=O) groups is 1. The molecule has 0 fully saturated rings. The van der Waals surface area contributed by atoms with E-state index in [0.717, 1.165) is 26.6 Å². The second-order valence-corrected chi connectivity index (χ2v) is 8.40. The fourth-order valence-electron chi connectivity index (χ4n) is 3.60. The Balaban J connectivity index is 1.79. The molecule has 0 radical (unpaired) electrons. The number of benzene rings is 2. The molecule has 10 heteroatoms. The highest BCUT2D eigenvalue weighted by atomic mass is 79.9. The number of nitrogens with two attached hydrogens (primary N) is 1. The van der Waals surface area contributed by atoms with Crippen LogP contribution in [0.4, 0.5) is 0 Å². The monoisotopic (exact) mass is 515 g/mol. The molecule has 0 atom stereocenters. The molecule has 8 nitrogen and oxygen atoms in total. The van der Waals surface area contributed by atoms with E-state index in [1.54, 1.807) is 6.92 Å². The van der Waals surface area contributed by atoms with Crippen molar-refractivity contribution < 1.29 is 14.3 Å². The van der Waals surface area contributed by atoms with Crippen LogP contribution in [0.15, 0.2) is 46.9 Å². The van der Waals surface area contributed by atoms with Gasteiger partial charge in [-0.05, 0) is 59.7 Å². The zero-order valence-electron chi connectivity index (χ0n) is 17.6. The highest BCUT2D eigenvalue weighted by Crippen LogP contribution is 2.36. The number of fused-ring (bicyclic) bond motifs is 1. The van der Waals surface area contributed by atoms with Gasteiger partial charge in [-0.1, -0.05) is 30.3 Å². The van der Waals surface area contributed by atoms with Crippen LogP contribution >= 0.6 is 28.1 Å². The van der Waals surface area contributed by atoms with E-state index in [1.165, 1.54) is 4.68 Å². The summed E-state index contributed by atoms with van der Waals surface area (Å²) >= 11 is 8.63. The van der Waals surface area contributed by atoms with Gasteiger partial charge in [0.1, 0.15) is 12.4 Å². The molecule has 0 saturated carbocycles. The summed E-state index contributed by atoms with van der Waals surface area (Å²) < 4.78 is 15.7. The maximum atomic E-state index is 12.8. The summed E-state index contributed by atoms with van der Waals surface area (Å²) in [6.07, 6.45) is 0. The molecular weight excluding hydrogens is 494 g/mol. The van der Waals surface area contributed by atoms with Crippen molar-refractivity contribution in [3.63, 3.8) is 0 Å². The van der Waals surface area contributed by atoms with Crippen molar-refractivity contribution in [2.75, 3.05) is 12.4 Å². The minimum Gasteiger partial charge on any atom is -0.484 e. The van der Waals surface area contributed by atoms with Gasteiger partial charge in [0.25, 0.3) is 0 Å². The summed E-state index contributed by atoms with van der Waals surface area (Å²) in [4.78, 5) is 12.8. The first-order valence-electron chi connectivity index (χ1n) is 9.98. The fraction of sp³-hybridized carbons (Fsp3) is 0.227. The smallest absolute Gasteiger partial charge is 0.340 e. The van der Waals surface area contributed by atoms with Crippen molar-refractivity contribution in [2.24, 2.45) is 0 Å². The van der Waals surface area contributed by atoms with E-state index in [0.29, 0.717) is 35.1 Å². The van der Waals surface area contributed by atoms with Crippen LogP contribution < -0.4 is 10.6 Å². The summed E-state index contributed by atoms with van der Waals surface area (Å²) in [6, 6.07) is 13.9.